The van der Waals surface area contributed by atoms with E-state index in [1.807, 2.05) is 19.9 Å². The number of carbonyl (C=O) groups is 2. The molecular formula is C25H37NO7. The lowest BCUT2D eigenvalue weighted by atomic mass is 9.93. The van der Waals surface area contributed by atoms with Crippen LogP contribution < -0.4 is 4.74 Å². The number of rotatable bonds is 12. The maximum Gasteiger partial charge on any atom is 0.306 e. The predicted octanol–water partition coefficient (Wildman–Crippen LogP) is 3.22. The van der Waals surface area contributed by atoms with Gasteiger partial charge in [-0.15, -0.1) is 0 Å². The maximum atomic E-state index is 12.1. The molecule has 0 aliphatic carbocycles. The number of ether oxygens (including phenoxy) is 4. The number of hydrogen-bond donors (Lipinski definition) is 1. The summed E-state index contributed by atoms with van der Waals surface area (Å²) in [7, 11) is 1.52. The lowest BCUT2D eigenvalue weighted by molar-refractivity contribution is -0.144. The molecule has 0 amide bonds. The highest BCUT2D eigenvalue weighted by molar-refractivity contribution is 5.69. The SMILES string of the molecule is COc1c(O)c(C)c(COC=O)c(C)c1C/C=C(\C)CCC(=O)OCCN1CCOCC1C. The molecule has 184 valence electrons. The van der Waals surface area contributed by atoms with Gasteiger partial charge in [-0.3, -0.25) is 14.5 Å². The third kappa shape index (κ3) is 7.47. The Morgan fingerprint density at radius 2 is 2.00 bits per heavy atom. The van der Waals surface area contributed by atoms with Crippen LogP contribution in [0.2, 0.25) is 0 Å². The molecule has 8 nitrogen and oxygen atoms in total. The van der Waals surface area contributed by atoms with E-state index >= 15 is 0 Å². The average molecular weight is 464 g/mol. The Hall–Kier alpha value is -2.58. The summed E-state index contributed by atoms with van der Waals surface area (Å²) in [6, 6.07) is 0.342. The van der Waals surface area contributed by atoms with Crippen LogP contribution in [0.4, 0.5) is 0 Å². The summed E-state index contributed by atoms with van der Waals surface area (Å²) in [5.41, 5.74) is 4.17. The van der Waals surface area contributed by atoms with Crippen molar-refractivity contribution in [3.8, 4) is 11.5 Å². The summed E-state index contributed by atoms with van der Waals surface area (Å²) in [4.78, 5) is 25.0. The molecule has 1 aromatic rings. The normalized spacial score (nSPS) is 17.0. The molecule has 1 aliphatic heterocycles. The van der Waals surface area contributed by atoms with Crippen molar-refractivity contribution in [1.82, 2.24) is 4.90 Å². The number of carbonyl (C=O) groups excluding carboxylic acids is 2. The van der Waals surface area contributed by atoms with Gasteiger partial charge in [0.2, 0.25) is 0 Å². The fraction of sp³-hybridized carbons (Fsp3) is 0.600. The van der Waals surface area contributed by atoms with E-state index in [4.69, 9.17) is 18.9 Å². The zero-order chi connectivity index (χ0) is 24.4. The van der Waals surface area contributed by atoms with Gasteiger partial charge in [0.15, 0.2) is 11.5 Å². The Kier molecular flexibility index (Phi) is 10.7. The van der Waals surface area contributed by atoms with Gasteiger partial charge in [0.05, 0.1) is 20.3 Å². The van der Waals surface area contributed by atoms with Crippen LogP contribution in [0.5, 0.6) is 11.5 Å². The topological polar surface area (TPSA) is 94.5 Å². The van der Waals surface area contributed by atoms with Crippen LogP contribution in [-0.2, 0) is 36.8 Å². The first-order chi connectivity index (χ1) is 15.8. The van der Waals surface area contributed by atoms with Crippen molar-refractivity contribution >= 4 is 12.4 Å². The van der Waals surface area contributed by atoms with Gasteiger partial charge in [0, 0.05) is 36.7 Å². The summed E-state index contributed by atoms with van der Waals surface area (Å²) in [5, 5.41) is 10.6. The highest BCUT2D eigenvalue weighted by atomic mass is 16.5. The van der Waals surface area contributed by atoms with Gasteiger partial charge >= 0.3 is 5.97 Å². The van der Waals surface area contributed by atoms with E-state index in [0.29, 0.717) is 56.3 Å². The van der Waals surface area contributed by atoms with E-state index in [1.165, 1.54) is 7.11 Å². The minimum atomic E-state index is -0.210. The van der Waals surface area contributed by atoms with Gasteiger partial charge in [0.1, 0.15) is 13.2 Å². The summed E-state index contributed by atoms with van der Waals surface area (Å²) < 4.78 is 21.2. The van der Waals surface area contributed by atoms with Crippen LogP contribution >= 0.6 is 0 Å². The Bertz CT molecular complexity index is 850. The fourth-order valence-electron chi connectivity index (χ4n) is 4.01. The third-order valence-electron chi connectivity index (χ3n) is 6.23. The minimum Gasteiger partial charge on any atom is -0.504 e. The van der Waals surface area contributed by atoms with E-state index in [2.05, 4.69) is 11.8 Å². The number of morpholine rings is 1. The van der Waals surface area contributed by atoms with Crippen LogP contribution in [-0.4, -0.2) is 68.5 Å². The molecule has 33 heavy (non-hydrogen) atoms. The zero-order valence-corrected chi connectivity index (χ0v) is 20.4. The molecule has 0 saturated carbocycles. The van der Waals surface area contributed by atoms with Gasteiger partial charge < -0.3 is 24.1 Å². The molecule has 1 atom stereocenters. The van der Waals surface area contributed by atoms with E-state index in [0.717, 1.165) is 42.0 Å². The Balaban J connectivity index is 1.92. The predicted molar refractivity (Wildman–Crippen MR) is 124 cm³/mol. The molecule has 1 saturated heterocycles. The molecule has 2 rings (SSSR count). The van der Waals surface area contributed by atoms with Gasteiger partial charge in [-0.05, 0) is 51.7 Å². The van der Waals surface area contributed by atoms with Crippen molar-refractivity contribution < 1.29 is 33.6 Å². The second-order valence-electron chi connectivity index (χ2n) is 8.43. The smallest absolute Gasteiger partial charge is 0.306 e. The van der Waals surface area contributed by atoms with Crippen LogP contribution in [0, 0.1) is 13.8 Å². The Morgan fingerprint density at radius 1 is 1.24 bits per heavy atom. The lowest BCUT2D eigenvalue weighted by Crippen LogP contribution is -2.45. The maximum absolute atomic E-state index is 12.1. The fourth-order valence-corrected chi connectivity index (χ4v) is 4.01. The molecule has 0 spiro atoms. The van der Waals surface area contributed by atoms with Crippen molar-refractivity contribution in [3.63, 3.8) is 0 Å². The number of hydrogen-bond acceptors (Lipinski definition) is 8. The third-order valence-corrected chi connectivity index (χ3v) is 6.23. The first-order valence-corrected chi connectivity index (χ1v) is 11.4. The molecule has 1 unspecified atom stereocenters. The van der Waals surface area contributed by atoms with Crippen LogP contribution in [0.1, 0.15) is 48.9 Å². The molecule has 1 aromatic carbocycles. The number of aromatic hydroxyl groups is 1. The number of phenolic OH excluding ortho intramolecular Hbond substituents is 1. The van der Waals surface area contributed by atoms with Gasteiger partial charge in [-0.25, -0.2) is 0 Å². The van der Waals surface area contributed by atoms with Crippen LogP contribution in [0.15, 0.2) is 11.6 Å². The molecule has 1 aliphatic rings. The Labute approximate surface area is 196 Å². The van der Waals surface area contributed by atoms with E-state index in [1.54, 1.807) is 6.92 Å². The number of methoxy groups -OCH3 is 1. The number of phenols is 1. The first-order valence-electron chi connectivity index (χ1n) is 11.4. The quantitative estimate of drug-likeness (QED) is 0.287. The zero-order valence-electron chi connectivity index (χ0n) is 20.4. The van der Waals surface area contributed by atoms with Crippen molar-refractivity contribution in [1.29, 1.82) is 0 Å². The molecule has 8 heteroatoms. The largest absolute Gasteiger partial charge is 0.504 e. The van der Waals surface area contributed by atoms with Crippen LogP contribution in [0.3, 0.4) is 0 Å². The van der Waals surface area contributed by atoms with E-state index in [-0.39, 0.29) is 18.3 Å². The number of allylic oxidation sites excluding steroid dienone is 2. The first kappa shape index (κ1) is 26.7. The van der Waals surface area contributed by atoms with Gasteiger partial charge in [-0.1, -0.05) is 11.6 Å². The average Bonchev–Trinajstić information content (AvgIpc) is 2.80. The van der Waals surface area contributed by atoms with Crippen molar-refractivity contribution in [2.24, 2.45) is 0 Å². The highest BCUT2D eigenvalue weighted by Gasteiger charge is 2.20. The molecule has 1 N–H and O–H groups in total. The van der Waals surface area contributed by atoms with Crippen molar-refractivity contribution in [3.05, 3.63) is 33.9 Å². The monoisotopic (exact) mass is 463 g/mol. The van der Waals surface area contributed by atoms with E-state index in [9.17, 15) is 14.7 Å². The molecule has 0 bridgehead atoms. The number of esters is 1. The van der Waals surface area contributed by atoms with Gasteiger partial charge in [-0.2, -0.15) is 0 Å². The van der Waals surface area contributed by atoms with Crippen molar-refractivity contribution in [2.75, 3.05) is 40.0 Å². The summed E-state index contributed by atoms with van der Waals surface area (Å²) in [6.07, 6.45) is 3.45. The summed E-state index contributed by atoms with van der Waals surface area (Å²) >= 11 is 0. The Morgan fingerprint density at radius 3 is 2.67 bits per heavy atom. The number of benzene rings is 1. The highest BCUT2D eigenvalue weighted by Crippen LogP contribution is 2.39. The summed E-state index contributed by atoms with van der Waals surface area (Å²) in [5.74, 6) is 0.256. The molecular weight excluding hydrogens is 426 g/mol. The second kappa shape index (κ2) is 13.2. The molecule has 0 radical (unpaired) electrons. The molecule has 1 heterocycles. The summed E-state index contributed by atoms with van der Waals surface area (Å²) in [6.45, 7) is 11.6. The van der Waals surface area contributed by atoms with E-state index < -0.39 is 0 Å². The standard InChI is InChI=1S/C25H37NO7/c1-17(7-9-23(28)33-13-11-26-10-12-31-14-18(26)2)6-8-21-19(3)22(15-32-16-27)20(4)24(29)25(21)30-5/h6,16,18,29H,7-15H2,1-5H3/b17-6+. The minimum absolute atomic E-state index is 0.0480. The number of nitrogens with zero attached hydrogens (tertiary/aromatic N) is 1. The second-order valence-corrected chi connectivity index (χ2v) is 8.43. The molecule has 1 fully saturated rings. The van der Waals surface area contributed by atoms with Gasteiger partial charge in [0.25, 0.3) is 6.47 Å². The van der Waals surface area contributed by atoms with Crippen LogP contribution in [0.25, 0.3) is 0 Å². The van der Waals surface area contributed by atoms with Crippen molar-refractivity contribution in [2.45, 2.75) is 59.6 Å². The lowest BCUT2D eigenvalue weighted by Gasteiger charge is -2.32. The molecule has 0 aromatic heterocycles.